The second-order valence-corrected chi connectivity index (χ2v) is 5.31. The Bertz CT molecular complexity index is 687. The summed E-state index contributed by atoms with van der Waals surface area (Å²) in [5.74, 6) is 1.25. The molecule has 5 nitrogen and oxygen atoms in total. The van der Waals surface area contributed by atoms with Gasteiger partial charge in [-0.3, -0.25) is 4.90 Å². The standard InChI is InChI=1S/C18H20N2O3/c1-22-16-10-4-5-11-17(16)23-13-19-18(21)20-12-6-8-14-7-2-3-9-15(14)20/h2-5,7,9-11H,6,8,12-13H2,1H3,(H,19,21). The summed E-state index contributed by atoms with van der Waals surface area (Å²) >= 11 is 0. The molecular weight excluding hydrogens is 292 g/mol. The first-order valence-corrected chi connectivity index (χ1v) is 7.68. The minimum absolute atomic E-state index is 0.0951. The molecule has 0 saturated heterocycles. The Balaban J connectivity index is 1.60. The fourth-order valence-corrected chi connectivity index (χ4v) is 2.75. The Labute approximate surface area is 135 Å². The smallest absolute Gasteiger partial charge is 0.324 e. The number of anilines is 1. The minimum atomic E-state index is -0.146. The summed E-state index contributed by atoms with van der Waals surface area (Å²) < 4.78 is 10.8. The van der Waals surface area contributed by atoms with Gasteiger partial charge in [-0.15, -0.1) is 0 Å². The zero-order valence-corrected chi connectivity index (χ0v) is 13.1. The molecule has 1 heterocycles. The average molecular weight is 312 g/mol. The van der Waals surface area contributed by atoms with Crippen molar-refractivity contribution in [3.63, 3.8) is 0 Å². The summed E-state index contributed by atoms with van der Waals surface area (Å²) in [6.07, 6.45) is 1.98. The van der Waals surface area contributed by atoms with Crippen molar-refractivity contribution in [2.75, 3.05) is 25.3 Å². The molecule has 3 rings (SSSR count). The van der Waals surface area contributed by atoms with Crippen LogP contribution in [0.2, 0.25) is 0 Å². The van der Waals surface area contributed by atoms with Crippen LogP contribution in [0.25, 0.3) is 0 Å². The van der Waals surface area contributed by atoms with Gasteiger partial charge in [-0.05, 0) is 36.6 Å². The number of benzene rings is 2. The van der Waals surface area contributed by atoms with Crippen molar-refractivity contribution in [2.45, 2.75) is 12.8 Å². The second kappa shape index (κ2) is 7.05. The highest BCUT2D eigenvalue weighted by Gasteiger charge is 2.21. The van der Waals surface area contributed by atoms with Crippen molar-refractivity contribution < 1.29 is 14.3 Å². The molecule has 120 valence electrons. The lowest BCUT2D eigenvalue weighted by molar-refractivity contribution is 0.226. The Hall–Kier alpha value is -2.69. The van der Waals surface area contributed by atoms with Crippen LogP contribution in [0.3, 0.4) is 0 Å². The van der Waals surface area contributed by atoms with E-state index in [1.807, 2.05) is 36.4 Å². The number of urea groups is 1. The van der Waals surface area contributed by atoms with Crippen molar-refractivity contribution in [3.8, 4) is 11.5 Å². The van der Waals surface area contributed by atoms with E-state index in [1.54, 1.807) is 18.1 Å². The highest BCUT2D eigenvalue weighted by atomic mass is 16.5. The summed E-state index contributed by atoms with van der Waals surface area (Å²) in [5.41, 5.74) is 2.19. The normalized spacial score (nSPS) is 13.2. The van der Waals surface area contributed by atoms with E-state index in [4.69, 9.17) is 9.47 Å². The first-order valence-electron chi connectivity index (χ1n) is 7.68. The number of carbonyl (C=O) groups excluding carboxylic acids is 1. The van der Waals surface area contributed by atoms with Crippen LogP contribution in [0.5, 0.6) is 11.5 Å². The fraction of sp³-hybridized carbons (Fsp3) is 0.278. The molecule has 2 aromatic carbocycles. The first kappa shape index (κ1) is 15.2. The number of aryl methyl sites for hydroxylation is 1. The number of nitrogens with zero attached hydrogens (tertiary/aromatic N) is 1. The van der Waals surface area contributed by atoms with E-state index in [0.717, 1.165) is 25.1 Å². The van der Waals surface area contributed by atoms with E-state index in [9.17, 15) is 4.79 Å². The fourth-order valence-electron chi connectivity index (χ4n) is 2.75. The Morgan fingerprint density at radius 2 is 1.87 bits per heavy atom. The first-order chi connectivity index (χ1) is 11.3. The molecule has 0 bridgehead atoms. The van der Waals surface area contributed by atoms with Gasteiger partial charge in [0.2, 0.25) is 0 Å². The van der Waals surface area contributed by atoms with E-state index in [2.05, 4.69) is 11.4 Å². The number of amides is 2. The summed E-state index contributed by atoms with van der Waals surface area (Å²) in [4.78, 5) is 14.2. The molecular formula is C18H20N2O3. The highest BCUT2D eigenvalue weighted by molar-refractivity contribution is 5.93. The molecule has 2 aromatic rings. The van der Waals surface area contributed by atoms with Crippen molar-refractivity contribution >= 4 is 11.7 Å². The predicted octanol–water partition coefficient (Wildman–Crippen LogP) is 3.19. The van der Waals surface area contributed by atoms with Gasteiger partial charge in [0.1, 0.15) is 0 Å². The minimum Gasteiger partial charge on any atom is -0.493 e. The number of ether oxygens (including phenoxy) is 2. The van der Waals surface area contributed by atoms with E-state index in [0.29, 0.717) is 11.5 Å². The summed E-state index contributed by atoms with van der Waals surface area (Å²) in [6.45, 7) is 0.815. The summed E-state index contributed by atoms with van der Waals surface area (Å²) in [6, 6.07) is 15.2. The van der Waals surface area contributed by atoms with Crippen LogP contribution < -0.4 is 19.7 Å². The topological polar surface area (TPSA) is 50.8 Å². The van der Waals surface area contributed by atoms with Gasteiger partial charge in [0.15, 0.2) is 18.2 Å². The molecule has 1 N–H and O–H groups in total. The van der Waals surface area contributed by atoms with Gasteiger partial charge in [0.25, 0.3) is 0 Å². The number of hydrogen-bond acceptors (Lipinski definition) is 3. The molecule has 0 aliphatic carbocycles. The Morgan fingerprint density at radius 3 is 2.70 bits per heavy atom. The SMILES string of the molecule is COc1ccccc1OCNC(=O)N1CCCc2ccccc21. The van der Waals surface area contributed by atoms with Crippen LogP contribution in [0.1, 0.15) is 12.0 Å². The molecule has 0 saturated carbocycles. The number of hydrogen-bond donors (Lipinski definition) is 1. The van der Waals surface area contributed by atoms with Gasteiger partial charge in [-0.25, -0.2) is 4.79 Å². The quantitative estimate of drug-likeness (QED) is 0.882. The molecule has 1 aliphatic rings. The van der Waals surface area contributed by atoms with Gasteiger partial charge in [-0.2, -0.15) is 0 Å². The lowest BCUT2D eigenvalue weighted by Crippen LogP contribution is -2.44. The van der Waals surface area contributed by atoms with Crippen LogP contribution in [-0.2, 0) is 6.42 Å². The largest absolute Gasteiger partial charge is 0.493 e. The maximum atomic E-state index is 12.4. The number of para-hydroxylation sites is 3. The number of carbonyl (C=O) groups is 1. The monoisotopic (exact) mass is 312 g/mol. The number of fused-ring (bicyclic) bond motifs is 1. The molecule has 23 heavy (non-hydrogen) atoms. The Kier molecular flexibility index (Phi) is 4.66. The van der Waals surface area contributed by atoms with E-state index in [1.165, 1.54) is 5.56 Å². The predicted molar refractivity (Wildman–Crippen MR) is 89.1 cm³/mol. The lowest BCUT2D eigenvalue weighted by atomic mass is 10.0. The number of rotatable bonds is 4. The highest BCUT2D eigenvalue weighted by Crippen LogP contribution is 2.27. The van der Waals surface area contributed by atoms with Gasteiger partial charge in [0, 0.05) is 12.2 Å². The van der Waals surface area contributed by atoms with Crippen molar-refractivity contribution in [2.24, 2.45) is 0 Å². The van der Waals surface area contributed by atoms with E-state index >= 15 is 0 Å². The molecule has 1 aliphatic heterocycles. The van der Waals surface area contributed by atoms with Gasteiger partial charge >= 0.3 is 6.03 Å². The zero-order chi connectivity index (χ0) is 16.1. The average Bonchev–Trinajstić information content (AvgIpc) is 2.61. The van der Waals surface area contributed by atoms with Crippen LogP contribution in [-0.4, -0.2) is 26.4 Å². The molecule has 5 heteroatoms. The maximum Gasteiger partial charge on any atom is 0.324 e. The number of methoxy groups -OCH3 is 1. The third-order valence-corrected chi connectivity index (χ3v) is 3.88. The van der Waals surface area contributed by atoms with Gasteiger partial charge in [0.05, 0.1) is 7.11 Å². The summed E-state index contributed by atoms with van der Waals surface area (Å²) in [7, 11) is 1.59. The molecule has 0 radical (unpaired) electrons. The Morgan fingerprint density at radius 1 is 1.13 bits per heavy atom. The lowest BCUT2D eigenvalue weighted by Gasteiger charge is -2.29. The number of nitrogens with one attached hydrogen (secondary N) is 1. The second-order valence-electron chi connectivity index (χ2n) is 5.31. The molecule has 0 spiro atoms. The van der Waals surface area contributed by atoms with Gasteiger partial charge < -0.3 is 14.8 Å². The van der Waals surface area contributed by atoms with E-state index in [-0.39, 0.29) is 12.8 Å². The maximum absolute atomic E-state index is 12.4. The van der Waals surface area contributed by atoms with Crippen molar-refractivity contribution in [3.05, 3.63) is 54.1 Å². The molecule has 2 amide bonds. The molecule has 0 fully saturated rings. The van der Waals surface area contributed by atoms with E-state index < -0.39 is 0 Å². The van der Waals surface area contributed by atoms with Crippen LogP contribution in [0.4, 0.5) is 10.5 Å². The van der Waals surface area contributed by atoms with Crippen LogP contribution >= 0.6 is 0 Å². The molecule has 0 atom stereocenters. The molecule has 0 aromatic heterocycles. The van der Waals surface area contributed by atoms with Crippen LogP contribution in [0, 0.1) is 0 Å². The van der Waals surface area contributed by atoms with Crippen molar-refractivity contribution in [1.29, 1.82) is 0 Å². The molecule has 0 unspecified atom stereocenters. The third-order valence-electron chi connectivity index (χ3n) is 3.88. The third kappa shape index (κ3) is 3.39. The van der Waals surface area contributed by atoms with Crippen LogP contribution in [0.15, 0.2) is 48.5 Å². The van der Waals surface area contributed by atoms with Gasteiger partial charge in [-0.1, -0.05) is 30.3 Å². The van der Waals surface area contributed by atoms with Crippen molar-refractivity contribution in [1.82, 2.24) is 5.32 Å². The zero-order valence-electron chi connectivity index (χ0n) is 13.1. The summed E-state index contributed by atoms with van der Waals surface area (Å²) in [5, 5.41) is 2.80.